The third-order valence-electron chi connectivity index (χ3n) is 8.91. The average molecular weight is 346 g/mol. The lowest BCUT2D eigenvalue weighted by atomic mass is 9.44. The third kappa shape index (κ3) is 1.42. The van der Waals surface area contributed by atoms with Crippen LogP contribution in [-0.4, -0.2) is 42.8 Å². The number of hydrogen-bond acceptors (Lipinski definition) is 5. The summed E-state index contributed by atoms with van der Waals surface area (Å²) >= 11 is 0. The molecule has 0 aromatic heterocycles. The lowest BCUT2D eigenvalue weighted by molar-refractivity contribution is -0.243. The van der Waals surface area contributed by atoms with E-state index in [2.05, 4.69) is 13.5 Å². The van der Waals surface area contributed by atoms with Crippen molar-refractivity contribution in [1.29, 1.82) is 0 Å². The zero-order valence-corrected chi connectivity index (χ0v) is 14.7. The summed E-state index contributed by atoms with van der Waals surface area (Å²) in [5.74, 6) is 0.425. The maximum atomic E-state index is 13.2. The molecule has 1 N–H and O–H groups in total. The molecule has 3 saturated carbocycles. The lowest BCUT2D eigenvalue weighted by Gasteiger charge is -2.61. The van der Waals surface area contributed by atoms with Gasteiger partial charge in [0, 0.05) is 11.3 Å². The number of aliphatic hydroxyl groups is 1. The van der Waals surface area contributed by atoms with Gasteiger partial charge in [0.25, 0.3) is 0 Å². The van der Waals surface area contributed by atoms with Crippen molar-refractivity contribution in [2.75, 3.05) is 13.2 Å². The Balaban J connectivity index is 1.55. The van der Waals surface area contributed by atoms with Gasteiger partial charge in [0.2, 0.25) is 0 Å². The van der Waals surface area contributed by atoms with Gasteiger partial charge in [0.1, 0.15) is 11.5 Å². The minimum absolute atomic E-state index is 0.0834. The highest BCUT2D eigenvalue weighted by Gasteiger charge is 2.78. The van der Waals surface area contributed by atoms with Crippen LogP contribution in [0.1, 0.15) is 39.0 Å². The number of rotatable bonds is 0. The van der Waals surface area contributed by atoms with Gasteiger partial charge in [0.05, 0.1) is 19.3 Å². The second-order valence-electron chi connectivity index (χ2n) is 9.72. The Bertz CT molecular complexity index is 690. The standard InChI is InChI=1S/C20H26O5/c1-10-11-3-4-12-19(7-11,15(10)21)17(22)25-13-5-6-18(2)8-23-16-14(18)20(12,13)9-24-16/h11-16,21H,1,3-9H2,2H3/t11-,12-,13+,14-,15-,16+,18+,19+,20-/m1/s1. The van der Waals surface area contributed by atoms with Gasteiger partial charge in [-0.1, -0.05) is 13.5 Å². The van der Waals surface area contributed by atoms with E-state index < -0.39 is 11.5 Å². The van der Waals surface area contributed by atoms with Crippen LogP contribution in [0, 0.1) is 34.0 Å². The topological polar surface area (TPSA) is 65.0 Å². The molecule has 0 unspecified atom stereocenters. The van der Waals surface area contributed by atoms with E-state index in [0.29, 0.717) is 13.0 Å². The minimum atomic E-state index is -0.810. The summed E-state index contributed by atoms with van der Waals surface area (Å²) in [6.07, 6.45) is 3.50. The number of esters is 1. The van der Waals surface area contributed by atoms with Crippen LogP contribution in [0.2, 0.25) is 0 Å². The molecular formula is C20H26O5. The van der Waals surface area contributed by atoms with Gasteiger partial charge < -0.3 is 19.3 Å². The Kier molecular flexibility index (Phi) is 2.62. The van der Waals surface area contributed by atoms with Crippen molar-refractivity contribution in [1.82, 2.24) is 0 Å². The summed E-state index contributed by atoms with van der Waals surface area (Å²) in [5, 5.41) is 11.1. The second kappa shape index (κ2) is 4.32. The van der Waals surface area contributed by atoms with Gasteiger partial charge in [0.15, 0.2) is 6.29 Å². The second-order valence-corrected chi connectivity index (χ2v) is 9.72. The highest BCUT2D eigenvalue weighted by molar-refractivity contribution is 5.81. The minimum Gasteiger partial charge on any atom is -0.461 e. The van der Waals surface area contributed by atoms with E-state index in [1.807, 2.05) is 0 Å². The first-order valence-electron chi connectivity index (χ1n) is 9.74. The van der Waals surface area contributed by atoms with E-state index in [9.17, 15) is 9.90 Å². The van der Waals surface area contributed by atoms with Crippen molar-refractivity contribution >= 4 is 5.97 Å². The normalized spacial score (nSPS) is 61.5. The molecule has 3 saturated heterocycles. The van der Waals surface area contributed by atoms with Crippen LogP contribution in [0.3, 0.4) is 0 Å². The first-order chi connectivity index (χ1) is 11.9. The van der Waals surface area contributed by atoms with E-state index in [1.54, 1.807) is 0 Å². The highest BCUT2D eigenvalue weighted by atomic mass is 16.7. The Morgan fingerprint density at radius 2 is 2.00 bits per heavy atom. The van der Waals surface area contributed by atoms with E-state index in [-0.39, 0.29) is 46.9 Å². The molecule has 5 nitrogen and oxygen atoms in total. The van der Waals surface area contributed by atoms with Crippen LogP contribution in [0.4, 0.5) is 0 Å². The van der Waals surface area contributed by atoms with Crippen LogP contribution in [0.15, 0.2) is 12.2 Å². The van der Waals surface area contributed by atoms with E-state index in [4.69, 9.17) is 14.2 Å². The van der Waals surface area contributed by atoms with Gasteiger partial charge in [-0.25, -0.2) is 0 Å². The van der Waals surface area contributed by atoms with Gasteiger partial charge in [-0.05, 0) is 54.9 Å². The predicted molar refractivity (Wildman–Crippen MR) is 87.2 cm³/mol. The molecule has 0 aromatic carbocycles. The maximum absolute atomic E-state index is 13.2. The number of hydrogen-bond donors (Lipinski definition) is 1. The molecule has 6 fully saturated rings. The van der Waals surface area contributed by atoms with Crippen molar-refractivity contribution in [2.24, 2.45) is 34.0 Å². The molecular weight excluding hydrogens is 320 g/mol. The number of carbonyl (C=O) groups is 1. The molecule has 2 spiro atoms. The molecule has 9 atom stereocenters. The molecule has 3 aliphatic carbocycles. The van der Waals surface area contributed by atoms with Crippen LogP contribution in [0.5, 0.6) is 0 Å². The summed E-state index contributed by atoms with van der Waals surface area (Å²) in [5.41, 5.74) is -0.0974. The highest BCUT2D eigenvalue weighted by Crippen LogP contribution is 2.73. The maximum Gasteiger partial charge on any atom is 0.315 e. The zero-order valence-electron chi connectivity index (χ0n) is 14.7. The molecule has 0 amide bonds. The Morgan fingerprint density at radius 3 is 2.84 bits per heavy atom. The zero-order chi connectivity index (χ0) is 17.2. The fourth-order valence-corrected chi connectivity index (χ4v) is 7.89. The van der Waals surface area contributed by atoms with E-state index in [0.717, 1.165) is 37.9 Å². The van der Waals surface area contributed by atoms with Crippen molar-refractivity contribution in [3.63, 3.8) is 0 Å². The SMILES string of the molecule is C=C1[C@@H]2CC[C@@H]3[C@](C2)(C(=O)O[C@H]2CC[C@@]4(C)CO[C@H]5OC[C@]23[C@H]54)[C@@H]1O. The van der Waals surface area contributed by atoms with Crippen LogP contribution >= 0.6 is 0 Å². The van der Waals surface area contributed by atoms with Crippen molar-refractivity contribution in [3.05, 3.63) is 12.2 Å². The lowest BCUT2D eigenvalue weighted by Crippen LogP contribution is -2.68. The third-order valence-corrected chi connectivity index (χ3v) is 8.91. The molecule has 6 rings (SSSR count). The van der Waals surface area contributed by atoms with Crippen LogP contribution < -0.4 is 0 Å². The van der Waals surface area contributed by atoms with E-state index in [1.165, 1.54) is 0 Å². The van der Waals surface area contributed by atoms with Crippen LogP contribution in [0.25, 0.3) is 0 Å². The van der Waals surface area contributed by atoms with Gasteiger partial charge in [-0.2, -0.15) is 0 Å². The van der Waals surface area contributed by atoms with E-state index >= 15 is 0 Å². The first-order valence-corrected chi connectivity index (χ1v) is 9.74. The smallest absolute Gasteiger partial charge is 0.315 e. The number of aliphatic hydroxyl groups excluding tert-OH is 1. The van der Waals surface area contributed by atoms with Crippen molar-refractivity contribution < 1.29 is 24.1 Å². The molecule has 0 radical (unpaired) electrons. The molecule has 25 heavy (non-hydrogen) atoms. The summed E-state index contributed by atoms with van der Waals surface area (Å²) < 4.78 is 18.3. The molecule has 3 aliphatic heterocycles. The first kappa shape index (κ1) is 15.2. The van der Waals surface area contributed by atoms with Crippen molar-refractivity contribution in [3.8, 4) is 0 Å². The summed E-state index contributed by atoms with van der Waals surface area (Å²) in [6, 6.07) is 0. The fourth-order valence-electron chi connectivity index (χ4n) is 7.89. The van der Waals surface area contributed by atoms with Crippen molar-refractivity contribution in [2.45, 2.75) is 57.5 Å². The van der Waals surface area contributed by atoms with Gasteiger partial charge in [-0.3, -0.25) is 4.79 Å². The number of ether oxygens (including phenoxy) is 3. The number of carbonyl (C=O) groups excluding carboxylic acids is 1. The predicted octanol–water partition coefficient (Wildman–Crippen LogP) is 2.03. The quantitative estimate of drug-likeness (QED) is 0.537. The molecule has 5 heteroatoms. The summed E-state index contributed by atoms with van der Waals surface area (Å²) in [4.78, 5) is 13.2. The largest absolute Gasteiger partial charge is 0.461 e. The Labute approximate surface area is 147 Å². The molecule has 2 bridgehead atoms. The molecule has 6 aliphatic rings. The molecule has 0 aromatic rings. The summed E-state index contributed by atoms with van der Waals surface area (Å²) in [7, 11) is 0. The monoisotopic (exact) mass is 346 g/mol. The number of fused-ring (bicyclic) bond motifs is 1. The van der Waals surface area contributed by atoms with Crippen LogP contribution in [-0.2, 0) is 19.0 Å². The Morgan fingerprint density at radius 1 is 1.20 bits per heavy atom. The fraction of sp³-hybridized carbons (Fsp3) is 0.850. The average Bonchev–Trinajstić information content (AvgIpc) is 3.22. The Hall–Kier alpha value is -0.910. The molecule has 3 heterocycles. The van der Waals surface area contributed by atoms with Gasteiger partial charge >= 0.3 is 5.97 Å². The van der Waals surface area contributed by atoms with Gasteiger partial charge in [-0.15, -0.1) is 0 Å². The molecule has 136 valence electrons. The summed E-state index contributed by atoms with van der Waals surface area (Å²) in [6.45, 7) is 7.75.